The molecule has 1 amide bonds. The molecule has 1 fully saturated rings. The fourth-order valence-corrected chi connectivity index (χ4v) is 4.97. The van der Waals surface area contributed by atoms with Crippen LogP contribution in [0.1, 0.15) is 37.3 Å². The number of para-hydroxylation sites is 1. The Morgan fingerprint density at radius 3 is 2.73 bits per heavy atom. The van der Waals surface area contributed by atoms with Crippen LogP contribution in [0.25, 0.3) is 16.6 Å². The molecule has 1 saturated heterocycles. The zero-order valence-electron chi connectivity index (χ0n) is 17.7. The van der Waals surface area contributed by atoms with E-state index in [2.05, 4.69) is 6.92 Å². The van der Waals surface area contributed by atoms with Gasteiger partial charge in [0, 0.05) is 12.6 Å². The van der Waals surface area contributed by atoms with Crippen LogP contribution in [-0.2, 0) is 4.79 Å². The molecule has 0 radical (unpaired) electrons. The number of benzene rings is 2. The molecule has 1 aromatic heterocycles. The van der Waals surface area contributed by atoms with E-state index >= 15 is 0 Å². The lowest BCUT2D eigenvalue weighted by atomic mass is 10.0. The average molecular weight is 422 g/mol. The van der Waals surface area contributed by atoms with Crippen LogP contribution in [0.2, 0.25) is 0 Å². The molecule has 3 aromatic rings. The van der Waals surface area contributed by atoms with E-state index in [0.29, 0.717) is 16.1 Å². The number of thioether (sulfide) groups is 1. The Balaban J connectivity index is 1.75. The SMILES string of the molecule is Cc1cccc(-n2c(SCC(=O)N3CCCC[C@@H]3C)nc3ccccc3c2=O)c1C. The average Bonchev–Trinajstić information content (AvgIpc) is 2.75. The van der Waals surface area contributed by atoms with Crippen LogP contribution >= 0.6 is 11.8 Å². The topological polar surface area (TPSA) is 55.2 Å². The number of likely N-dealkylation sites (tertiary alicyclic amines) is 1. The summed E-state index contributed by atoms with van der Waals surface area (Å²) >= 11 is 1.35. The number of hydrogen-bond acceptors (Lipinski definition) is 4. The Bertz CT molecular complexity index is 1150. The number of rotatable bonds is 4. The van der Waals surface area contributed by atoms with E-state index in [1.165, 1.54) is 18.2 Å². The quantitative estimate of drug-likeness (QED) is 0.460. The number of piperidine rings is 1. The molecule has 6 heteroatoms. The molecule has 0 aliphatic carbocycles. The van der Waals surface area contributed by atoms with E-state index in [1.54, 1.807) is 10.6 Å². The first-order valence-corrected chi connectivity index (χ1v) is 11.5. The lowest BCUT2D eigenvalue weighted by Crippen LogP contribution is -2.43. The van der Waals surface area contributed by atoms with Gasteiger partial charge in [0.15, 0.2) is 5.16 Å². The molecule has 156 valence electrons. The summed E-state index contributed by atoms with van der Waals surface area (Å²) in [6.07, 6.45) is 3.29. The van der Waals surface area contributed by atoms with Crippen molar-refractivity contribution >= 4 is 28.6 Å². The van der Waals surface area contributed by atoms with Crippen LogP contribution in [0.3, 0.4) is 0 Å². The Labute approximate surface area is 181 Å². The zero-order valence-corrected chi connectivity index (χ0v) is 18.5. The molecule has 0 N–H and O–H groups in total. The normalized spacial score (nSPS) is 16.8. The van der Waals surface area contributed by atoms with Crippen molar-refractivity contribution in [2.75, 3.05) is 12.3 Å². The lowest BCUT2D eigenvalue weighted by Gasteiger charge is -2.33. The van der Waals surface area contributed by atoms with Crippen molar-refractivity contribution in [3.8, 4) is 5.69 Å². The molecule has 4 rings (SSSR count). The van der Waals surface area contributed by atoms with Crippen molar-refractivity contribution in [2.45, 2.75) is 51.2 Å². The summed E-state index contributed by atoms with van der Waals surface area (Å²) in [6.45, 7) is 6.98. The highest BCUT2D eigenvalue weighted by molar-refractivity contribution is 7.99. The molecule has 0 bridgehead atoms. The summed E-state index contributed by atoms with van der Waals surface area (Å²) in [6, 6.07) is 13.6. The van der Waals surface area contributed by atoms with Crippen LogP contribution in [0.15, 0.2) is 52.4 Å². The van der Waals surface area contributed by atoms with E-state index in [0.717, 1.165) is 36.2 Å². The fourth-order valence-electron chi connectivity index (χ4n) is 4.08. The van der Waals surface area contributed by atoms with Gasteiger partial charge in [-0.25, -0.2) is 4.98 Å². The number of hydrogen-bond donors (Lipinski definition) is 0. The predicted molar refractivity (Wildman–Crippen MR) is 123 cm³/mol. The van der Waals surface area contributed by atoms with Gasteiger partial charge in [0.25, 0.3) is 5.56 Å². The van der Waals surface area contributed by atoms with Gasteiger partial charge in [-0.2, -0.15) is 0 Å². The Kier molecular flexibility index (Phi) is 5.95. The van der Waals surface area contributed by atoms with E-state index in [-0.39, 0.29) is 23.3 Å². The van der Waals surface area contributed by atoms with Gasteiger partial charge >= 0.3 is 0 Å². The van der Waals surface area contributed by atoms with Crippen LogP contribution in [0.5, 0.6) is 0 Å². The predicted octanol–water partition coefficient (Wildman–Crippen LogP) is 4.50. The molecule has 0 spiro atoms. The summed E-state index contributed by atoms with van der Waals surface area (Å²) in [5.41, 5.74) is 3.52. The smallest absolute Gasteiger partial charge is 0.266 e. The number of amides is 1. The summed E-state index contributed by atoms with van der Waals surface area (Å²) in [4.78, 5) is 33.1. The van der Waals surface area contributed by atoms with Crippen molar-refractivity contribution in [3.63, 3.8) is 0 Å². The maximum absolute atomic E-state index is 13.4. The maximum atomic E-state index is 13.4. The molecule has 1 atom stereocenters. The second-order valence-corrected chi connectivity index (χ2v) is 8.93. The fraction of sp³-hybridized carbons (Fsp3) is 0.375. The third-order valence-electron chi connectivity index (χ3n) is 6.01. The van der Waals surface area contributed by atoms with Crippen LogP contribution in [-0.4, -0.2) is 38.7 Å². The molecule has 30 heavy (non-hydrogen) atoms. The summed E-state index contributed by atoms with van der Waals surface area (Å²) in [5, 5.41) is 1.14. The second kappa shape index (κ2) is 8.64. The highest BCUT2D eigenvalue weighted by atomic mass is 32.2. The summed E-state index contributed by atoms with van der Waals surface area (Å²) in [7, 11) is 0. The van der Waals surface area contributed by atoms with Gasteiger partial charge in [0.2, 0.25) is 5.91 Å². The highest BCUT2D eigenvalue weighted by Gasteiger charge is 2.24. The van der Waals surface area contributed by atoms with Gasteiger partial charge in [-0.1, -0.05) is 36.0 Å². The lowest BCUT2D eigenvalue weighted by molar-refractivity contribution is -0.131. The van der Waals surface area contributed by atoms with Crippen molar-refractivity contribution in [2.24, 2.45) is 0 Å². The summed E-state index contributed by atoms with van der Waals surface area (Å²) in [5.74, 6) is 0.391. The number of fused-ring (bicyclic) bond motifs is 1. The molecule has 0 saturated carbocycles. The monoisotopic (exact) mass is 421 g/mol. The molecular formula is C24H27N3O2S. The minimum absolute atomic E-state index is 0.101. The van der Waals surface area contributed by atoms with E-state index in [1.807, 2.05) is 55.1 Å². The summed E-state index contributed by atoms with van der Waals surface area (Å²) < 4.78 is 1.67. The standard InChI is InChI=1S/C24H27N3O2S/c1-16-9-8-13-21(18(16)3)27-23(29)19-11-4-5-12-20(19)25-24(27)30-15-22(28)26-14-7-6-10-17(26)2/h4-5,8-9,11-13,17H,6-7,10,14-15H2,1-3H3/t17-/m0/s1. The van der Waals surface area contributed by atoms with Crippen molar-refractivity contribution in [1.82, 2.24) is 14.5 Å². The van der Waals surface area contributed by atoms with Crippen molar-refractivity contribution in [3.05, 3.63) is 63.9 Å². The van der Waals surface area contributed by atoms with E-state index in [9.17, 15) is 9.59 Å². The van der Waals surface area contributed by atoms with Gasteiger partial charge in [-0.3, -0.25) is 14.2 Å². The molecule has 2 aromatic carbocycles. The van der Waals surface area contributed by atoms with Crippen LogP contribution in [0.4, 0.5) is 0 Å². The third-order valence-corrected chi connectivity index (χ3v) is 6.93. The van der Waals surface area contributed by atoms with Gasteiger partial charge in [0.1, 0.15) is 0 Å². The molecule has 0 unspecified atom stereocenters. The van der Waals surface area contributed by atoms with Gasteiger partial charge in [0.05, 0.1) is 22.3 Å². The molecular weight excluding hydrogens is 394 g/mol. The molecule has 5 nitrogen and oxygen atoms in total. The maximum Gasteiger partial charge on any atom is 0.266 e. The number of aryl methyl sites for hydroxylation is 1. The zero-order chi connectivity index (χ0) is 21.3. The Morgan fingerprint density at radius 2 is 1.93 bits per heavy atom. The molecule has 1 aliphatic rings. The second-order valence-electron chi connectivity index (χ2n) is 7.99. The molecule has 1 aliphatic heterocycles. The Hall–Kier alpha value is -2.60. The van der Waals surface area contributed by atoms with Crippen LogP contribution in [0, 0.1) is 13.8 Å². The minimum atomic E-state index is -0.101. The van der Waals surface area contributed by atoms with Gasteiger partial charge < -0.3 is 4.90 Å². The number of carbonyl (C=O) groups excluding carboxylic acids is 1. The Morgan fingerprint density at radius 1 is 1.13 bits per heavy atom. The van der Waals surface area contributed by atoms with Crippen molar-refractivity contribution in [1.29, 1.82) is 0 Å². The highest BCUT2D eigenvalue weighted by Crippen LogP contribution is 2.26. The third kappa shape index (κ3) is 3.88. The first-order valence-electron chi connectivity index (χ1n) is 10.5. The largest absolute Gasteiger partial charge is 0.339 e. The molecule has 2 heterocycles. The van der Waals surface area contributed by atoms with Gasteiger partial charge in [-0.15, -0.1) is 0 Å². The van der Waals surface area contributed by atoms with Gasteiger partial charge in [-0.05, 0) is 69.4 Å². The first kappa shape index (κ1) is 20.7. The van der Waals surface area contributed by atoms with Crippen molar-refractivity contribution < 1.29 is 4.79 Å². The number of aromatic nitrogens is 2. The van der Waals surface area contributed by atoms with E-state index < -0.39 is 0 Å². The van der Waals surface area contributed by atoms with Crippen LogP contribution < -0.4 is 5.56 Å². The minimum Gasteiger partial charge on any atom is -0.339 e. The number of nitrogens with zero attached hydrogens (tertiary/aromatic N) is 3. The first-order chi connectivity index (χ1) is 14.5. The number of carbonyl (C=O) groups is 1. The van der Waals surface area contributed by atoms with E-state index in [4.69, 9.17) is 4.98 Å².